The number of hydrogen-bond acceptors (Lipinski definition) is 3. The van der Waals surface area contributed by atoms with E-state index in [4.69, 9.17) is 9.84 Å². The highest BCUT2D eigenvalue weighted by molar-refractivity contribution is 5.94. The molecule has 1 N–H and O–H groups in total. The van der Waals surface area contributed by atoms with Gasteiger partial charge in [0, 0.05) is 17.8 Å². The number of hydrogen-bond donors (Lipinski definition) is 1. The third-order valence-electron chi connectivity index (χ3n) is 6.84. The predicted molar refractivity (Wildman–Crippen MR) is 105 cm³/mol. The molecule has 1 saturated carbocycles. The van der Waals surface area contributed by atoms with Crippen LogP contribution < -0.4 is 0 Å². The van der Waals surface area contributed by atoms with Gasteiger partial charge in [0.25, 0.3) is 0 Å². The van der Waals surface area contributed by atoms with Crippen LogP contribution in [0, 0.1) is 17.3 Å². The second kappa shape index (κ2) is 9.18. The normalized spacial score (nSPS) is 32.5. The van der Waals surface area contributed by atoms with Crippen molar-refractivity contribution in [2.45, 2.75) is 89.8 Å². The quantitative estimate of drug-likeness (QED) is 0.347. The second-order valence-electron chi connectivity index (χ2n) is 8.87. The summed E-state index contributed by atoms with van der Waals surface area (Å²) in [7, 11) is 0. The van der Waals surface area contributed by atoms with Gasteiger partial charge in [0.15, 0.2) is 5.78 Å². The maximum atomic E-state index is 12.8. The average Bonchev–Trinajstić information content (AvgIpc) is 3.24. The smallest absolute Gasteiger partial charge is 0.303 e. The number of aliphatic carboxylic acids is 1. The Morgan fingerprint density at radius 3 is 2.59 bits per heavy atom. The van der Waals surface area contributed by atoms with E-state index in [1.54, 1.807) is 0 Å². The first-order valence-corrected chi connectivity index (χ1v) is 10.7. The molecular formula is C23H34O4. The number of ketones is 1. The van der Waals surface area contributed by atoms with E-state index in [1.165, 1.54) is 19.3 Å². The van der Waals surface area contributed by atoms with Gasteiger partial charge in [-0.2, -0.15) is 0 Å². The van der Waals surface area contributed by atoms with E-state index in [1.807, 2.05) is 6.08 Å². The van der Waals surface area contributed by atoms with Crippen LogP contribution in [0.15, 0.2) is 24.3 Å². The van der Waals surface area contributed by atoms with Gasteiger partial charge in [-0.1, -0.05) is 44.4 Å². The standard InChI is InChI=1S/C23H34O4/c1-23(15-7-4-8-16-23)21(24)14-11-18-17(19-12-13-20(18)27-19)9-5-2-3-6-10-22(25)26/h2,5,11,14,17-20H,3-4,6-10,12-13,15-16H2,1H3,(H,25,26)/t17-,18+,19-,20+/m1/s1. The summed E-state index contributed by atoms with van der Waals surface area (Å²) < 4.78 is 6.14. The molecule has 2 heterocycles. The summed E-state index contributed by atoms with van der Waals surface area (Å²) in [6, 6.07) is 0. The van der Waals surface area contributed by atoms with Crippen molar-refractivity contribution in [3.63, 3.8) is 0 Å². The van der Waals surface area contributed by atoms with E-state index in [2.05, 4.69) is 25.2 Å². The highest BCUT2D eigenvalue weighted by Crippen LogP contribution is 2.46. The first-order valence-electron chi connectivity index (χ1n) is 10.7. The minimum atomic E-state index is -0.730. The Kier molecular flexibility index (Phi) is 6.91. The molecule has 0 spiro atoms. The summed E-state index contributed by atoms with van der Waals surface area (Å²) in [6.45, 7) is 2.13. The molecule has 3 aliphatic rings. The molecule has 4 atom stereocenters. The first kappa shape index (κ1) is 20.3. The van der Waals surface area contributed by atoms with Crippen LogP contribution in [0.3, 0.4) is 0 Å². The largest absolute Gasteiger partial charge is 0.481 e. The van der Waals surface area contributed by atoms with Gasteiger partial charge in [-0.25, -0.2) is 0 Å². The van der Waals surface area contributed by atoms with E-state index in [0.29, 0.717) is 30.1 Å². The molecule has 0 aromatic rings. The third kappa shape index (κ3) is 5.10. The highest BCUT2D eigenvalue weighted by Gasteiger charge is 2.47. The van der Waals surface area contributed by atoms with Crippen molar-refractivity contribution in [3.8, 4) is 0 Å². The zero-order valence-corrected chi connectivity index (χ0v) is 16.6. The molecule has 27 heavy (non-hydrogen) atoms. The number of fused-ring (bicyclic) bond motifs is 2. The molecule has 2 bridgehead atoms. The lowest BCUT2D eigenvalue weighted by Crippen LogP contribution is -2.30. The summed E-state index contributed by atoms with van der Waals surface area (Å²) >= 11 is 0. The number of rotatable bonds is 9. The van der Waals surface area contributed by atoms with Gasteiger partial charge < -0.3 is 9.84 Å². The molecule has 0 aromatic heterocycles. The molecule has 0 aromatic carbocycles. The number of allylic oxidation sites excluding steroid dienone is 3. The SMILES string of the molecule is CC1(C(=O)C=C[C@H]2[C@@H](CC=CCCCC(=O)O)[C@H]3CC[C@@H]2O3)CCCCC1. The fraction of sp³-hybridized carbons (Fsp3) is 0.739. The molecule has 3 rings (SSSR count). The number of unbranched alkanes of at least 4 members (excludes halogenated alkanes) is 1. The zero-order chi connectivity index (χ0) is 19.3. The van der Waals surface area contributed by atoms with Gasteiger partial charge >= 0.3 is 5.97 Å². The maximum absolute atomic E-state index is 12.8. The van der Waals surface area contributed by atoms with E-state index < -0.39 is 5.97 Å². The number of carbonyl (C=O) groups excluding carboxylic acids is 1. The average molecular weight is 375 g/mol. The maximum Gasteiger partial charge on any atom is 0.303 e. The summed E-state index contributed by atoms with van der Waals surface area (Å²) in [5.41, 5.74) is -0.160. The van der Waals surface area contributed by atoms with Gasteiger partial charge in [0.2, 0.25) is 0 Å². The van der Waals surface area contributed by atoms with Crippen molar-refractivity contribution in [3.05, 3.63) is 24.3 Å². The molecular weight excluding hydrogens is 340 g/mol. The topological polar surface area (TPSA) is 63.6 Å². The Hall–Kier alpha value is -1.42. The van der Waals surface area contributed by atoms with Crippen molar-refractivity contribution in [2.75, 3.05) is 0 Å². The van der Waals surface area contributed by atoms with Crippen LogP contribution in [0.5, 0.6) is 0 Å². The van der Waals surface area contributed by atoms with Crippen molar-refractivity contribution < 1.29 is 19.4 Å². The molecule has 4 heteroatoms. The molecule has 2 saturated heterocycles. The van der Waals surface area contributed by atoms with Gasteiger partial charge in [0.1, 0.15) is 0 Å². The molecule has 1 aliphatic carbocycles. The Balaban J connectivity index is 1.54. The molecule has 0 unspecified atom stereocenters. The Labute approximate surface area is 163 Å². The number of carboxylic acids is 1. The minimum absolute atomic E-state index is 0.160. The lowest BCUT2D eigenvalue weighted by Gasteiger charge is -2.31. The molecule has 0 radical (unpaired) electrons. The Bertz CT molecular complexity index is 585. The summed E-state index contributed by atoms with van der Waals surface area (Å²) in [4.78, 5) is 23.3. The molecule has 3 fully saturated rings. The van der Waals surface area contributed by atoms with Crippen molar-refractivity contribution in [2.24, 2.45) is 17.3 Å². The van der Waals surface area contributed by atoms with Gasteiger partial charge in [-0.05, 0) is 56.9 Å². The van der Waals surface area contributed by atoms with E-state index in [9.17, 15) is 9.59 Å². The molecule has 0 amide bonds. The zero-order valence-electron chi connectivity index (χ0n) is 16.6. The van der Waals surface area contributed by atoms with Crippen LogP contribution in [-0.2, 0) is 14.3 Å². The third-order valence-corrected chi connectivity index (χ3v) is 6.84. The molecule has 2 aliphatic heterocycles. The highest BCUT2D eigenvalue weighted by atomic mass is 16.5. The van der Waals surface area contributed by atoms with Crippen LogP contribution in [0.4, 0.5) is 0 Å². The van der Waals surface area contributed by atoms with Crippen LogP contribution >= 0.6 is 0 Å². The molecule has 150 valence electrons. The van der Waals surface area contributed by atoms with Gasteiger partial charge in [0.05, 0.1) is 12.2 Å². The monoisotopic (exact) mass is 374 g/mol. The Morgan fingerprint density at radius 1 is 1.11 bits per heavy atom. The van der Waals surface area contributed by atoms with Crippen LogP contribution in [0.2, 0.25) is 0 Å². The summed E-state index contributed by atoms with van der Waals surface area (Å²) in [6.07, 6.45) is 19.4. The van der Waals surface area contributed by atoms with Gasteiger partial charge in [-0.15, -0.1) is 0 Å². The van der Waals surface area contributed by atoms with Crippen molar-refractivity contribution in [1.82, 2.24) is 0 Å². The van der Waals surface area contributed by atoms with Gasteiger partial charge in [-0.3, -0.25) is 9.59 Å². The van der Waals surface area contributed by atoms with E-state index >= 15 is 0 Å². The van der Waals surface area contributed by atoms with Crippen molar-refractivity contribution >= 4 is 11.8 Å². The summed E-state index contributed by atoms with van der Waals surface area (Å²) in [5, 5.41) is 8.69. The van der Waals surface area contributed by atoms with E-state index in [0.717, 1.165) is 38.5 Å². The van der Waals surface area contributed by atoms with Crippen molar-refractivity contribution in [1.29, 1.82) is 0 Å². The minimum Gasteiger partial charge on any atom is -0.481 e. The van der Waals surface area contributed by atoms with Crippen LogP contribution in [0.1, 0.15) is 77.6 Å². The summed E-state index contributed by atoms with van der Waals surface area (Å²) in [5.74, 6) is 0.352. The number of carbonyl (C=O) groups is 2. The fourth-order valence-corrected chi connectivity index (χ4v) is 5.11. The number of ether oxygens (including phenoxy) is 1. The second-order valence-corrected chi connectivity index (χ2v) is 8.87. The first-order chi connectivity index (χ1) is 13.0. The Morgan fingerprint density at radius 2 is 1.85 bits per heavy atom. The molecule has 4 nitrogen and oxygen atoms in total. The lowest BCUT2D eigenvalue weighted by molar-refractivity contribution is -0.137. The number of carboxylic acid groups (broad SMARTS) is 1. The van der Waals surface area contributed by atoms with Crippen LogP contribution in [-0.4, -0.2) is 29.1 Å². The fourth-order valence-electron chi connectivity index (χ4n) is 5.11. The van der Waals surface area contributed by atoms with Crippen LogP contribution in [0.25, 0.3) is 0 Å². The predicted octanol–water partition coefficient (Wildman–Crippen LogP) is 5.08. The lowest BCUT2D eigenvalue weighted by atomic mass is 9.72. The van der Waals surface area contributed by atoms with E-state index in [-0.39, 0.29) is 17.9 Å².